The normalized spacial score (nSPS) is 31.0. The summed E-state index contributed by atoms with van der Waals surface area (Å²) in [7, 11) is 0. The fourth-order valence-corrected chi connectivity index (χ4v) is 3.20. The molecule has 2 rings (SSSR count). The predicted molar refractivity (Wildman–Crippen MR) is 74.9 cm³/mol. The summed E-state index contributed by atoms with van der Waals surface area (Å²) in [5.74, 6) is 0. The van der Waals surface area contributed by atoms with Gasteiger partial charge in [0, 0.05) is 37.2 Å². The largest absolute Gasteiger partial charge is 0.378 e. The van der Waals surface area contributed by atoms with E-state index in [0.29, 0.717) is 18.2 Å². The van der Waals surface area contributed by atoms with Gasteiger partial charge in [-0.1, -0.05) is 13.8 Å². The van der Waals surface area contributed by atoms with Gasteiger partial charge >= 0.3 is 6.03 Å². The molecule has 1 aliphatic carbocycles. The van der Waals surface area contributed by atoms with E-state index in [1.807, 2.05) is 0 Å². The number of likely N-dealkylation sites (tertiary alicyclic amines) is 1. The van der Waals surface area contributed by atoms with Gasteiger partial charge in [0.2, 0.25) is 0 Å². The van der Waals surface area contributed by atoms with Gasteiger partial charge in [0.1, 0.15) is 0 Å². The maximum absolute atomic E-state index is 11.1. The van der Waals surface area contributed by atoms with E-state index in [0.717, 1.165) is 39.0 Å². The Labute approximate surface area is 115 Å². The molecule has 0 aromatic rings. The number of urea groups is 1. The number of nitrogens with two attached hydrogens (primary N) is 1. The lowest BCUT2D eigenvalue weighted by atomic mass is 9.64. The average Bonchev–Trinajstić information content (AvgIpc) is 2.38. The maximum atomic E-state index is 11.1. The minimum atomic E-state index is -0.293. The van der Waals surface area contributed by atoms with E-state index < -0.39 is 0 Å². The summed E-state index contributed by atoms with van der Waals surface area (Å²) in [5, 5.41) is 3.73. The summed E-state index contributed by atoms with van der Waals surface area (Å²) in [6.45, 7) is 8.93. The van der Waals surface area contributed by atoms with Crippen LogP contribution in [-0.4, -0.2) is 48.8 Å². The monoisotopic (exact) mass is 269 g/mol. The van der Waals surface area contributed by atoms with Crippen molar-refractivity contribution in [1.29, 1.82) is 0 Å². The molecule has 2 aliphatic rings. The standard InChI is InChI=1S/C14H27N3O2/c1-4-19-12-9-11(14(12,2)3)16-10-5-7-17(8-6-10)13(15)18/h10-12,16H,4-9H2,1-3H3,(H2,15,18). The van der Waals surface area contributed by atoms with Crippen LogP contribution < -0.4 is 11.1 Å². The molecular formula is C14H27N3O2. The lowest BCUT2D eigenvalue weighted by Gasteiger charge is -2.53. The highest BCUT2D eigenvalue weighted by molar-refractivity contribution is 5.72. The molecule has 0 aromatic carbocycles. The topological polar surface area (TPSA) is 67.6 Å². The Morgan fingerprint density at radius 1 is 1.42 bits per heavy atom. The van der Waals surface area contributed by atoms with Gasteiger partial charge in [-0.3, -0.25) is 0 Å². The molecule has 110 valence electrons. The zero-order chi connectivity index (χ0) is 14.0. The zero-order valence-corrected chi connectivity index (χ0v) is 12.3. The van der Waals surface area contributed by atoms with Crippen LogP contribution in [-0.2, 0) is 4.74 Å². The minimum absolute atomic E-state index is 0.205. The summed E-state index contributed by atoms with van der Waals surface area (Å²) < 4.78 is 5.75. The van der Waals surface area contributed by atoms with E-state index in [2.05, 4.69) is 26.1 Å². The third-order valence-corrected chi connectivity index (χ3v) is 4.79. The average molecular weight is 269 g/mol. The first kappa shape index (κ1) is 14.6. The van der Waals surface area contributed by atoms with Gasteiger partial charge < -0.3 is 20.7 Å². The smallest absolute Gasteiger partial charge is 0.314 e. The second-order valence-electron chi connectivity index (χ2n) is 6.32. The summed E-state index contributed by atoms with van der Waals surface area (Å²) >= 11 is 0. The Balaban J connectivity index is 1.77. The molecule has 1 heterocycles. The Kier molecular flexibility index (Phi) is 4.36. The molecule has 1 saturated carbocycles. The number of carbonyl (C=O) groups excluding carboxylic acids is 1. The van der Waals surface area contributed by atoms with Gasteiger partial charge in [-0.15, -0.1) is 0 Å². The second-order valence-corrected chi connectivity index (χ2v) is 6.32. The Morgan fingerprint density at radius 2 is 2.05 bits per heavy atom. The number of rotatable bonds is 4. The van der Waals surface area contributed by atoms with E-state index in [-0.39, 0.29) is 11.4 Å². The van der Waals surface area contributed by atoms with E-state index in [9.17, 15) is 4.79 Å². The fourth-order valence-electron chi connectivity index (χ4n) is 3.20. The van der Waals surface area contributed by atoms with Gasteiger partial charge in [-0.25, -0.2) is 4.79 Å². The van der Waals surface area contributed by atoms with Crippen molar-refractivity contribution in [1.82, 2.24) is 10.2 Å². The Hall–Kier alpha value is -0.810. The van der Waals surface area contributed by atoms with E-state index in [1.165, 1.54) is 0 Å². The zero-order valence-electron chi connectivity index (χ0n) is 12.3. The number of hydrogen-bond donors (Lipinski definition) is 2. The molecule has 3 N–H and O–H groups in total. The van der Waals surface area contributed by atoms with Crippen LogP contribution in [0.1, 0.15) is 40.0 Å². The quantitative estimate of drug-likeness (QED) is 0.809. The molecule has 1 aliphatic heterocycles. The molecule has 2 unspecified atom stereocenters. The number of nitrogens with one attached hydrogen (secondary N) is 1. The van der Waals surface area contributed by atoms with E-state index in [1.54, 1.807) is 4.90 Å². The second kappa shape index (κ2) is 5.67. The summed E-state index contributed by atoms with van der Waals surface area (Å²) in [6, 6.07) is 0.732. The first-order valence-electron chi connectivity index (χ1n) is 7.37. The number of piperidine rings is 1. The maximum Gasteiger partial charge on any atom is 0.314 e. The van der Waals surface area contributed by atoms with Crippen molar-refractivity contribution < 1.29 is 9.53 Å². The Bertz CT molecular complexity index is 325. The van der Waals surface area contributed by atoms with Crippen LogP contribution in [0.4, 0.5) is 4.79 Å². The van der Waals surface area contributed by atoms with Crippen molar-refractivity contribution in [3.63, 3.8) is 0 Å². The molecule has 2 atom stereocenters. The van der Waals surface area contributed by atoms with Crippen LogP contribution in [0.2, 0.25) is 0 Å². The number of ether oxygens (including phenoxy) is 1. The highest BCUT2D eigenvalue weighted by atomic mass is 16.5. The van der Waals surface area contributed by atoms with Crippen LogP contribution in [0.25, 0.3) is 0 Å². The van der Waals surface area contributed by atoms with E-state index >= 15 is 0 Å². The number of carbonyl (C=O) groups is 1. The van der Waals surface area contributed by atoms with Crippen molar-refractivity contribution in [2.24, 2.45) is 11.1 Å². The van der Waals surface area contributed by atoms with Gasteiger partial charge in [-0.05, 0) is 26.2 Å². The number of nitrogens with zero attached hydrogens (tertiary/aromatic N) is 1. The van der Waals surface area contributed by atoms with Gasteiger partial charge in [-0.2, -0.15) is 0 Å². The van der Waals surface area contributed by atoms with Crippen molar-refractivity contribution in [3.05, 3.63) is 0 Å². The molecule has 5 heteroatoms. The molecular weight excluding hydrogens is 242 g/mol. The molecule has 2 amide bonds. The van der Waals surface area contributed by atoms with Crippen LogP contribution in [0.15, 0.2) is 0 Å². The number of hydrogen-bond acceptors (Lipinski definition) is 3. The summed E-state index contributed by atoms with van der Waals surface area (Å²) in [5.41, 5.74) is 5.50. The number of amides is 2. The van der Waals surface area contributed by atoms with Gasteiger partial charge in [0.15, 0.2) is 0 Å². The van der Waals surface area contributed by atoms with Gasteiger partial charge in [0.25, 0.3) is 0 Å². The highest BCUT2D eigenvalue weighted by Gasteiger charge is 2.49. The van der Waals surface area contributed by atoms with Crippen molar-refractivity contribution in [3.8, 4) is 0 Å². The fraction of sp³-hybridized carbons (Fsp3) is 0.929. The summed E-state index contributed by atoms with van der Waals surface area (Å²) in [4.78, 5) is 12.8. The lowest BCUT2D eigenvalue weighted by molar-refractivity contribution is -0.117. The first-order valence-corrected chi connectivity index (χ1v) is 7.37. The van der Waals surface area contributed by atoms with Crippen molar-refractivity contribution >= 4 is 6.03 Å². The van der Waals surface area contributed by atoms with Crippen molar-refractivity contribution in [2.45, 2.75) is 58.2 Å². The van der Waals surface area contributed by atoms with Crippen LogP contribution >= 0.6 is 0 Å². The molecule has 0 bridgehead atoms. The molecule has 1 saturated heterocycles. The third-order valence-electron chi connectivity index (χ3n) is 4.79. The van der Waals surface area contributed by atoms with E-state index in [4.69, 9.17) is 10.5 Å². The molecule has 0 aromatic heterocycles. The van der Waals surface area contributed by atoms with Gasteiger partial charge in [0.05, 0.1) is 6.10 Å². The highest BCUT2D eigenvalue weighted by Crippen LogP contribution is 2.43. The van der Waals surface area contributed by atoms with Crippen LogP contribution in [0.3, 0.4) is 0 Å². The molecule has 0 radical (unpaired) electrons. The number of primary amides is 1. The molecule has 0 spiro atoms. The minimum Gasteiger partial charge on any atom is -0.378 e. The third kappa shape index (κ3) is 3.03. The summed E-state index contributed by atoms with van der Waals surface area (Å²) in [6.07, 6.45) is 3.46. The molecule has 2 fully saturated rings. The molecule has 19 heavy (non-hydrogen) atoms. The van der Waals surface area contributed by atoms with Crippen molar-refractivity contribution in [2.75, 3.05) is 19.7 Å². The van der Waals surface area contributed by atoms with Crippen LogP contribution in [0, 0.1) is 5.41 Å². The van der Waals surface area contributed by atoms with Crippen LogP contribution in [0.5, 0.6) is 0 Å². The SMILES string of the molecule is CCOC1CC(NC2CCN(C(N)=O)CC2)C1(C)C. The first-order chi connectivity index (χ1) is 8.95. The Morgan fingerprint density at radius 3 is 2.53 bits per heavy atom. The molecule has 5 nitrogen and oxygen atoms in total. The lowest BCUT2D eigenvalue weighted by Crippen LogP contribution is -2.63. The predicted octanol–water partition coefficient (Wildman–Crippen LogP) is 1.32.